The first kappa shape index (κ1) is 17.5. The van der Waals surface area contributed by atoms with E-state index < -0.39 is 23.7 Å². The minimum Gasteiger partial charge on any atom is -0.322 e. The van der Waals surface area contributed by atoms with E-state index in [1.165, 1.54) is 0 Å². The van der Waals surface area contributed by atoms with Crippen molar-refractivity contribution in [3.8, 4) is 0 Å². The number of alkyl halides is 2. The number of rotatable bonds is 3. The van der Waals surface area contributed by atoms with E-state index in [1.807, 2.05) is 12.1 Å². The van der Waals surface area contributed by atoms with Crippen molar-refractivity contribution in [1.82, 2.24) is 0 Å². The Labute approximate surface area is 145 Å². The van der Waals surface area contributed by atoms with Crippen LogP contribution in [0, 0.1) is 5.82 Å². The second-order valence-electron chi connectivity index (χ2n) is 7.24. The molecule has 0 saturated heterocycles. The summed E-state index contributed by atoms with van der Waals surface area (Å²) in [5.74, 6) is -1.19. The van der Waals surface area contributed by atoms with Crippen LogP contribution in [-0.2, 0) is 5.41 Å². The standard InChI is InChI=1S/C20H20F3NO/c1-11-10-20(2,3)15-5-4-6-16(17(11)15)24-19(25)13-8-7-12(21)9-14(13)18(22)23/h4-9,11,18H,10H2,1-3H3,(H,24,25). The van der Waals surface area contributed by atoms with Crippen LogP contribution in [0.3, 0.4) is 0 Å². The molecule has 1 unspecified atom stereocenters. The molecule has 2 nitrogen and oxygen atoms in total. The molecule has 25 heavy (non-hydrogen) atoms. The van der Waals surface area contributed by atoms with Crippen molar-refractivity contribution in [2.75, 3.05) is 5.32 Å². The van der Waals surface area contributed by atoms with E-state index in [-0.39, 0.29) is 16.9 Å². The summed E-state index contributed by atoms with van der Waals surface area (Å²) in [6.45, 7) is 6.39. The number of halogens is 3. The molecule has 5 heteroatoms. The highest BCUT2D eigenvalue weighted by molar-refractivity contribution is 6.06. The minimum absolute atomic E-state index is 0.000500. The molecule has 2 aromatic rings. The third-order valence-electron chi connectivity index (χ3n) is 4.89. The summed E-state index contributed by atoms with van der Waals surface area (Å²) in [6, 6.07) is 8.50. The summed E-state index contributed by atoms with van der Waals surface area (Å²) in [5.41, 5.74) is 2.02. The minimum atomic E-state index is -2.92. The number of benzene rings is 2. The average Bonchev–Trinajstić information content (AvgIpc) is 2.77. The Morgan fingerprint density at radius 3 is 2.64 bits per heavy atom. The maximum atomic E-state index is 13.2. The number of nitrogens with one attached hydrogen (secondary N) is 1. The van der Waals surface area contributed by atoms with E-state index in [4.69, 9.17) is 0 Å². The van der Waals surface area contributed by atoms with Crippen LogP contribution in [0.1, 0.15) is 66.6 Å². The molecule has 0 aliphatic heterocycles. The van der Waals surface area contributed by atoms with Crippen LogP contribution in [0.2, 0.25) is 0 Å². The van der Waals surface area contributed by atoms with E-state index in [2.05, 4.69) is 26.1 Å². The van der Waals surface area contributed by atoms with Gasteiger partial charge < -0.3 is 5.32 Å². The molecule has 3 rings (SSSR count). The van der Waals surface area contributed by atoms with Crippen molar-refractivity contribution in [1.29, 1.82) is 0 Å². The first-order chi connectivity index (χ1) is 11.7. The Hall–Kier alpha value is -2.30. The molecule has 0 fully saturated rings. The maximum absolute atomic E-state index is 13.2. The quantitative estimate of drug-likeness (QED) is 0.747. The molecule has 132 valence electrons. The van der Waals surface area contributed by atoms with Gasteiger partial charge >= 0.3 is 0 Å². The normalized spacial score (nSPS) is 18.3. The molecule has 2 aromatic carbocycles. The van der Waals surface area contributed by atoms with Crippen LogP contribution in [0.4, 0.5) is 18.9 Å². The Morgan fingerprint density at radius 2 is 1.96 bits per heavy atom. The summed E-state index contributed by atoms with van der Waals surface area (Å²) >= 11 is 0. The predicted octanol–water partition coefficient (Wildman–Crippen LogP) is 5.80. The summed E-state index contributed by atoms with van der Waals surface area (Å²) in [4.78, 5) is 12.6. The molecule has 0 spiro atoms. The first-order valence-corrected chi connectivity index (χ1v) is 8.23. The summed E-state index contributed by atoms with van der Waals surface area (Å²) in [7, 11) is 0. The Kier molecular flexibility index (Phi) is 4.35. The van der Waals surface area contributed by atoms with Gasteiger partial charge in [-0.1, -0.05) is 32.9 Å². The molecule has 1 atom stereocenters. The first-order valence-electron chi connectivity index (χ1n) is 8.23. The van der Waals surface area contributed by atoms with Gasteiger partial charge in [-0.25, -0.2) is 13.2 Å². The van der Waals surface area contributed by atoms with Crippen molar-refractivity contribution in [3.05, 3.63) is 64.5 Å². The van der Waals surface area contributed by atoms with E-state index >= 15 is 0 Å². The highest BCUT2D eigenvalue weighted by Crippen LogP contribution is 2.48. The van der Waals surface area contributed by atoms with Gasteiger partial charge in [-0.15, -0.1) is 0 Å². The fourth-order valence-electron chi connectivity index (χ4n) is 3.88. The Morgan fingerprint density at radius 1 is 1.24 bits per heavy atom. The molecule has 0 aromatic heterocycles. The number of hydrogen-bond acceptors (Lipinski definition) is 1. The lowest BCUT2D eigenvalue weighted by Gasteiger charge is -2.19. The van der Waals surface area contributed by atoms with Gasteiger partial charge in [0.1, 0.15) is 5.82 Å². The second kappa shape index (κ2) is 6.21. The van der Waals surface area contributed by atoms with Gasteiger partial charge in [0.25, 0.3) is 12.3 Å². The van der Waals surface area contributed by atoms with Crippen LogP contribution in [0.25, 0.3) is 0 Å². The molecule has 0 heterocycles. The average molecular weight is 347 g/mol. The Bertz CT molecular complexity index is 830. The summed E-state index contributed by atoms with van der Waals surface area (Å²) in [6.07, 6.45) is -1.97. The van der Waals surface area contributed by atoms with Gasteiger partial charge in [0.15, 0.2) is 0 Å². The predicted molar refractivity (Wildman–Crippen MR) is 91.8 cm³/mol. The Balaban J connectivity index is 1.98. The van der Waals surface area contributed by atoms with Crippen molar-refractivity contribution >= 4 is 11.6 Å². The third kappa shape index (κ3) is 3.15. The van der Waals surface area contributed by atoms with Crippen LogP contribution in [0.15, 0.2) is 36.4 Å². The lowest BCUT2D eigenvalue weighted by Crippen LogP contribution is -2.16. The van der Waals surface area contributed by atoms with Gasteiger partial charge in [-0.3, -0.25) is 4.79 Å². The fourth-order valence-corrected chi connectivity index (χ4v) is 3.88. The maximum Gasteiger partial charge on any atom is 0.264 e. The van der Waals surface area contributed by atoms with Gasteiger partial charge in [0.05, 0.1) is 0 Å². The van der Waals surface area contributed by atoms with Crippen LogP contribution in [0.5, 0.6) is 0 Å². The molecule has 1 amide bonds. The second-order valence-corrected chi connectivity index (χ2v) is 7.24. The summed E-state index contributed by atoms with van der Waals surface area (Å²) in [5, 5.41) is 2.75. The van der Waals surface area contributed by atoms with E-state index in [0.29, 0.717) is 11.8 Å². The SMILES string of the molecule is CC1CC(C)(C)c2cccc(NC(=O)c3ccc(F)cc3C(F)F)c21. The number of amides is 1. The van der Waals surface area contributed by atoms with Gasteiger partial charge in [-0.2, -0.15) is 0 Å². The van der Waals surface area contributed by atoms with Gasteiger partial charge in [-0.05, 0) is 53.1 Å². The molecule has 1 N–H and O–H groups in total. The fraction of sp³-hybridized carbons (Fsp3) is 0.350. The smallest absolute Gasteiger partial charge is 0.264 e. The zero-order chi connectivity index (χ0) is 18.4. The zero-order valence-corrected chi connectivity index (χ0v) is 14.4. The summed E-state index contributed by atoms with van der Waals surface area (Å²) < 4.78 is 39.5. The molecule has 0 saturated carbocycles. The van der Waals surface area contributed by atoms with Crippen molar-refractivity contribution in [2.45, 2.75) is 45.0 Å². The molecule has 1 aliphatic carbocycles. The van der Waals surface area contributed by atoms with Crippen LogP contribution >= 0.6 is 0 Å². The number of fused-ring (bicyclic) bond motifs is 1. The van der Waals surface area contributed by atoms with Gasteiger partial charge in [0, 0.05) is 16.8 Å². The number of carbonyl (C=O) groups excluding carboxylic acids is 1. The van der Waals surface area contributed by atoms with E-state index in [1.54, 1.807) is 6.07 Å². The third-order valence-corrected chi connectivity index (χ3v) is 4.89. The lowest BCUT2D eigenvalue weighted by molar-refractivity contribution is 0.101. The van der Waals surface area contributed by atoms with Gasteiger partial charge in [0.2, 0.25) is 0 Å². The molecular weight excluding hydrogens is 327 g/mol. The van der Waals surface area contributed by atoms with Crippen LogP contribution < -0.4 is 5.32 Å². The van der Waals surface area contributed by atoms with E-state index in [9.17, 15) is 18.0 Å². The topological polar surface area (TPSA) is 29.1 Å². The van der Waals surface area contributed by atoms with Crippen molar-refractivity contribution < 1.29 is 18.0 Å². The molecule has 0 bridgehead atoms. The number of carbonyl (C=O) groups is 1. The molecule has 1 aliphatic rings. The largest absolute Gasteiger partial charge is 0.322 e. The highest BCUT2D eigenvalue weighted by atomic mass is 19.3. The number of hydrogen-bond donors (Lipinski definition) is 1. The highest BCUT2D eigenvalue weighted by Gasteiger charge is 2.36. The molecular formula is C20H20F3NO. The molecule has 0 radical (unpaired) electrons. The zero-order valence-electron chi connectivity index (χ0n) is 14.4. The van der Waals surface area contributed by atoms with Crippen molar-refractivity contribution in [3.63, 3.8) is 0 Å². The monoisotopic (exact) mass is 347 g/mol. The van der Waals surface area contributed by atoms with Crippen LogP contribution in [-0.4, -0.2) is 5.91 Å². The number of anilines is 1. The van der Waals surface area contributed by atoms with Crippen molar-refractivity contribution in [2.24, 2.45) is 0 Å². The lowest BCUT2D eigenvalue weighted by atomic mass is 9.86. The van der Waals surface area contributed by atoms with E-state index in [0.717, 1.165) is 29.7 Å².